The molecule has 0 amide bonds. The fraction of sp³-hybridized carbons (Fsp3) is 0.500. The Morgan fingerprint density at radius 2 is 1.59 bits per heavy atom. The second-order valence-corrected chi connectivity index (χ2v) is 5.53. The van der Waals surface area contributed by atoms with E-state index in [1.165, 1.54) is 0 Å². The molecular weight excluding hydrogens is 288 g/mol. The summed E-state index contributed by atoms with van der Waals surface area (Å²) in [6.07, 6.45) is 2.62. The summed E-state index contributed by atoms with van der Waals surface area (Å²) < 4.78 is 0. The molecule has 1 aromatic carbocycles. The molecule has 1 heterocycles. The van der Waals surface area contributed by atoms with Crippen LogP contribution in [0.5, 0.6) is 0 Å². The molecule has 0 saturated carbocycles. The minimum absolute atomic E-state index is 0.00806. The number of piperidine rings is 1. The predicted octanol–water partition coefficient (Wildman–Crippen LogP) is 3.14. The highest BCUT2D eigenvalue weighted by Crippen LogP contribution is 2.42. The van der Waals surface area contributed by atoms with Gasteiger partial charge in [0.05, 0.1) is 21.5 Å². The smallest absolute Gasteiger partial charge is 0.301 e. The minimum atomic E-state index is -0.656. The minimum Gasteiger partial charge on any atom is -0.355 e. The van der Waals surface area contributed by atoms with Crippen molar-refractivity contribution in [3.63, 3.8) is 0 Å². The van der Waals surface area contributed by atoms with Crippen LogP contribution >= 0.6 is 0 Å². The van der Waals surface area contributed by atoms with Crippen molar-refractivity contribution in [1.29, 1.82) is 5.26 Å². The Morgan fingerprint density at radius 3 is 1.95 bits per heavy atom. The van der Waals surface area contributed by atoms with Crippen LogP contribution < -0.4 is 4.90 Å². The summed E-state index contributed by atoms with van der Waals surface area (Å²) in [4.78, 5) is 23.2. The standard InChI is InChI=1S/C14H16N4O4/c1-9-4-3-5-10(2)16(9)14-12(17(19)20)6-11(8-15)7-13(14)18(21)22/h6-7,9-10H,3-5H2,1-2H3. The molecule has 2 atom stereocenters. The zero-order chi connectivity index (χ0) is 16.4. The van der Waals surface area contributed by atoms with Crippen molar-refractivity contribution >= 4 is 17.1 Å². The molecule has 1 aliphatic heterocycles. The van der Waals surface area contributed by atoms with E-state index in [2.05, 4.69) is 0 Å². The third-order valence-corrected chi connectivity index (χ3v) is 4.04. The Labute approximate surface area is 127 Å². The largest absolute Gasteiger partial charge is 0.355 e. The SMILES string of the molecule is CC1CCCC(C)N1c1c([N+](=O)[O-])cc(C#N)cc1[N+](=O)[O-]. The van der Waals surface area contributed by atoms with Gasteiger partial charge in [-0.3, -0.25) is 20.2 Å². The first-order valence-electron chi connectivity index (χ1n) is 7.02. The zero-order valence-electron chi connectivity index (χ0n) is 12.4. The predicted molar refractivity (Wildman–Crippen MR) is 79.7 cm³/mol. The molecule has 1 fully saturated rings. The number of nitrogens with zero attached hydrogens (tertiary/aromatic N) is 4. The lowest BCUT2D eigenvalue weighted by molar-refractivity contribution is -0.392. The summed E-state index contributed by atoms with van der Waals surface area (Å²) >= 11 is 0. The molecule has 22 heavy (non-hydrogen) atoms. The van der Waals surface area contributed by atoms with Gasteiger partial charge in [0.2, 0.25) is 0 Å². The molecule has 0 radical (unpaired) electrons. The summed E-state index contributed by atoms with van der Waals surface area (Å²) in [5.41, 5.74) is -0.842. The van der Waals surface area contributed by atoms with Crippen molar-refractivity contribution in [3.05, 3.63) is 37.9 Å². The van der Waals surface area contributed by atoms with Crippen LogP contribution in [0.25, 0.3) is 0 Å². The van der Waals surface area contributed by atoms with E-state index >= 15 is 0 Å². The van der Waals surface area contributed by atoms with Crippen LogP contribution in [0.15, 0.2) is 12.1 Å². The van der Waals surface area contributed by atoms with E-state index in [4.69, 9.17) is 5.26 Å². The summed E-state index contributed by atoms with van der Waals surface area (Å²) in [6.45, 7) is 3.81. The highest BCUT2D eigenvalue weighted by atomic mass is 16.6. The van der Waals surface area contributed by atoms with Crippen LogP contribution in [0.3, 0.4) is 0 Å². The average molecular weight is 304 g/mol. The summed E-state index contributed by atoms with van der Waals surface area (Å²) in [7, 11) is 0. The van der Waals surface area contributed by atoms with Crippen molar-refractivity contribution < 1.29 is 9.85 Å². The molecular formula is C14H16N4O4. The first-order chi connectivity index (χ1) is 10.4. The Kier molecular flexibility index (Phi) is 4.26. The van der Waals surface area contributed by atoms with Gasteiger partial charge in [-0.05, 0) is 33.1 Å². The van der Waals surface area contributed by atoms with Gasteiger partial charge >= 0.3 is 11.4 Å². The molecule has 1 aromatic rings. The molecule has 0 bridgehead atoms. The summed E-state index contributed by atoms with van der Waals surface area (Å²) in [5.74, 6) is 0. The van der Waals surface area contributed by atoms with Gasteiger partial charge < -0.3 is 4.90 Å². The molecule has 2 unspecified atom stereocenters. The van der Waals surface area contributed by atoms with E-state index in [1.54, 1.807) is 11.0 Å². The quantitative estimate of drug-likeness (QED) is 0.626. The Hall–Kier alpha value is -2.69. The van der Waals surface area contributed by atoms with Gasteiger partial charge in [-0.2, -0.15) is 5.26 Å². The number of benzene rings is 1. The van der Waals surface area contributed by atoms with Crippen LogP contribution in [0.1, 0.15) is 38.7 Å². The number of hydrogen-bond acceptors (Lipinski definition) is 6. The van der Waals surface area contributed by atoms with Gasteiger partial charge in [-0.15, -0.1) is 0 Å². The lowest BCUT2D eigenvalue weighted by atomic mass is 9.95. The van der Waals surface area contributed by atoms with E-state index < -0.39 is 9.85 Å². The fourth-order valence-corrected chi connectivity index (χ4v) is 3.07. The highest BCUT2D eigenvalue weighted by molar-refractivity contribution is 5.78. The lowest BCUT2D eigenvalue weighted by Crippen LogP contribution is -2.44. The first-order valence-corrected chi connectivity index (χ1v) is 7.02. The van der Waals surface area contributed by atoms with E-state index in [0.717, 1.165) is 31.4 Å². The molecule has 116 valence electrons. The van der Waals surface area contributed by atoms with Gasteiger partial charge in [-0.25, -0.2) is 0 Å². The third-order valence-electron chi connectivity index (χ3n) is 4.04. The molecule has 1 saturated heterocycles. The second kappa shape index (κ2) is 5.97. The van der Waals surface area contributed by atoms with Gasteiger partial charge in [-0.1, -0.05) is 0 Å². The molecule has 8 heteroatoms. The molecule has 8 nitrogen and oxygen atoms in total. The van der Waals surface area contributed by atoms with Crippen LogP contribution in [0.4, 0.5) is 17.1 Å². The highest BCUT2D eigenvalue weighted by Gasteiger charge is 2.37. The maximum Gasteiger partial charge on any atom is 0.301 e. The number of hydrogen-bond donors (Lipinski definition) is 0. The Morgan fingerprint density at radius 1 is 1.14 bits per heavy atom. The molecule has 1 aliphatic rings. The number of nitriles is 1. The van der Waals surface area contributed by atoms with E-state index in [1.807, 2.05) is 13.8 Å². The van der Waals surface area contributed by atoms with Gasteiger partial charge in [0.15, 0.2) is 5.69 Å². The van der Waals surface area contributed by atoms with Crippen molar-refractivity contribution in [2.75, 3.05) is 4.90 Å². The maximum absolute atomic E-state index is 11.4. The van der Waals surface area contributed by atoms with Crippen molar-refractivity contribution in [1.82, 2.24) is 0 Å². The third kappa shape index (κ3) is 2.70. The van der Waals surface area contributed by atoms with Crippen molar-refractivity contribution in [2.24, 2.45) is 0 Å². The molecule has 0 aromatic heterocycles. The average Bonchev–Trinajstić information content (AvgIpc) is 2.46. The molecule has 0 spiro atoms. The number of anilines is 1. The number of nitro benzene ring substituents is 2. The second-order valence-electron chi connectivity index (χ2n) is 5.53. The van der Waals surface area contributed by atoms with Gasteiger partial charge in [0.25, 0.3) is 0 Å². The van der Waals surface area contributed by atoms with E-state index in [-0.39, 0.29) is 34.7 Å². The molecule has 0 aliphatic carbocycles. The Balaban J connectivity index is 2.74. The van der Waals surface area contributed by atoms with Gasteiger partial charge in [0.1, 0.15) is 0 Å². The van der Waals surface area contributed by atoms with Crippen LogP contribution in [-0.2, 0) is 0 Å². The topological polar surface area (TPSA) is 113 Å². The molecule has 0 N–H and O–H groups in total. The van der Waals surface area contributed by atoms with E-state index in [9.17, 15) is 20.2 Å². The number of nitro groups is 2. The zero-order valence-corrected chi connectivity index (χ0v) is 12.4. The monoisotopic (exact) mass is 304 g/mol. The van der Waals surface area contributed by atoms with Crippen LogP contribution in [0, 0.1) is 31.6 Å². The van der Waals surface area contributed by atoms with E-state index in [0.29, 0.717) is 0 Å². The summed E-state index contributed by atoms with van der Waals surface area (Å²) in [5, 5.41) is 31.7. The summed E-state index contributed by atoms with van der Waals surface area (Å²) in [6, 6.07) is 3.89. The Bertz CT molecular complexity index is 622. The molecule has 2 rings (SSSR count). The normalized spacial score (nSPS) is 21.2. The lowest BCUT2D eigenvalue weighted by Gasteiger charge is -2.40. The van der Waals surface area contributed by atoms with Gasteiger partial charge in [0, 0.05) is 24.2 Å². The maximum atomic E-state index is 11.4. The van der Waals surface area contributed by atoms with Crippen molar-refractivity contribution in [3.8, 4) is 6.07 Å². The number of rotatable bonds is 3. The van der Waals surface area contributed by atoms with Crippen LogP contribution in [-0.4, -0.2) is 21.9 Å². The van der Waals surface area contributed by atoms with Crippen LogP contribution in [0.2, 0.25) is 0 Å². The fourth-order valence-electron chi connectivity index (χ4n) is 3.07. The van der Waals surface area contributed by atoms with Crippen molar-refractivity contribution in [2.45, 2.75) is 45.2 Å². The first kappa shape index (κ1) is 15.7.